The monoisotopic (exact) mass is 269 g/mol. The summed E-state index contributed by atoms with van der Waals surface area (Å²) in [4.78, 5) is 24.7. The molecule has 5 heteroatoms. The van der Waals surface area contributed by atoms with Crippen LogP contribution in [0.25, 0.3) is 0 Å². The Labute approximate surface area is 110 Å². The van der Waals surface area contributed by atoms with Gasteiger partial charge in [0.05, 0.1) is 11.3 Å². The Balaban J connectivity index is 2.17. The molecule has 0 saturated carbocycles. The zero-order chi connectivity index (χ0) is 13.1. The Hall–Kier alpha value is -1.42. The van der Waals surface area contributed by atoms with E-state index in [-0.39, 0.29) is 11.3 Å². The third kappa shape index (κ3) is 2.25. The fraction of sp³-hybridized carbons (Fsp3) is 0.385. The van der Waals surface area contributed by atoms with Gasteiger partial charge in [0.25, 0.3) is 11.7 Å². The van der Waals surface area contributed by atoms with E-state index in [1.165, 1.54) is 23.1 Å². The molecular formula is C13H13ClFNO2. The minimum Gasteiger partial charge on any atom is -0.302 e. The van der Waals surface area contributed by atoms with Crippen LogP contribution < -0.4 is 4.90 Å². The summed E-state index contributed by atoms with van der Waals surface area (Å²) in [5, 5.41) is 0. The number of carbonyl (C=O) groups is 2. The Morgan fingerprint density at radius 1 is 1.17 bits per heavy atom. The summed E-state index contributed by atoms with van der Waals surface area (Å²) in [6.07, 6.45) is 2.41. The highest BCUT2D eigenvalue weighted by Crippen LogP contribution is 2.31. The van der Waals surface area contributed by atoms with Crippen molar-refractivity contribution < 1.29 is 14.0 Å². The lowest BCUT2D eigenvalue weighted by Gasteiger charge is -2.16. The molecule has 96 valence electrons. The quantitative estimate of drug-likeness (QED) is 0.468. The number of unbranched alkanes of at least 4 members (excludes halogenated alkanes) is 2. The first-order valence-electron chi connectivity index (χ1n) is 5.87. The average Bonchev–Trinajstić information content (AvgIpc) is 2.61. The molecule has 0 aliphatic carbocycles. The normalized spacial score (nSPS) is 14.2. The molecule has 0 unspecified atom stereocenters. The minimum atomic E-state index is -0.638. The number of ketones is 1. The number of benzene rings is 1. The highest BCUT2D eigenvalue weighted by Gasteiger charge is 2.37. The summed E-state index contributed by atoms with van der Waals surface area (Å²) in [6.45, 7) is 0.357. The highest BCUT2D eigenvalue weighted by molar-refractivity contribution is 6.52. The van der Waals surface area contributed by atoms with Gasteiger partial charge in [-0.3, -0.25) is 9.59 Å². The van der Waals surface area contributed by atoms with Crippen LogP contribution >= 0.6 is 11.6 Å². The van der Waals surface area contributed by atoms with Crippen molar-refractivity contribution in [1.29, 1.82) is 0 Å². The molecule has 3 nitrogen and oxygen atoms in total. The number of rotatable bonds is 5. The van der Waals surface area contributed by atoms with Crippen LogP contribution in [0.1, 0.15) is 29.6 Å². The van der Waals surface area contributed by atoms with E-state index in [2.05, 4.69) is 0 Å². The number of carbonyl (C=O) groups excluding carboxylic acids is 2. The van der Waals surface area contributed by atoms with Crippen molar-refractivity contribution in [2.24, 2.45) is 0 Å². The summed E-state index contributed by atoms with van der Waals surface area (Å²) in [5.74, 6) is -1.22. The van der Waals surface area contributed by atoms with E-state index in [0.717, 1.165) is 12.8 Å². The second-order valence-electron chi connectivity index (χ2n) is 4.17. The fourth-order valence-corrected chi connectivity index (χ4v) is 2.26. The first-order valence-corrected chi connectivity index (χ1v) is 6.41. The number of fused-ring (bicyclic) bond motifs is 1. The maximum atomic E-state index is 13.7. The van der Waals surface area contributed by atoms with Crippen molar-refractivity contribution in [1.82, 2.24) is 0 Å². The number of Topliss-reactive ketones (excluding diaryl/α,β-unsaturated/α-hetero) is 1. The molecule has 0 atom stereocenters. The van der Waals surface area contributed by atoms with E-state index in [1.54, 1.807) is 0 Å². The number of halogens is 2. The van der Waals surface area contributed by atoms with Gasteiger partial charge in [-0.25, -0.2) is 4.39 Å². The maximum Gasteiger partial charge on any atom is 0.299 e. The Bertz CT molecular complexity index is 490. The predicted octanol–water partition coefficient (Wildman–Crippen LogP) is 2.76. The maximum absolute atomic E-state index is 13.7. The van der Waals surface area contributed by atoms with E-state index >= 15 is 0 Å². The second kappa shape index (κ2) is 5.48. The molecule has 0 radical (unpaired) electrons. The topological polar surface area (TPSA) is 37.4 Å². The van der Waals surface area contributed by atoms with Gasteiger partial charge in [-0.2, -0.15) is 0 Å². The number of alkyl halides is 1. The summed E-state index contributed by atoms with van der Waals surface area (Å²) >= 11 is 5.56. The van der Waals surface area contributed by atoms with Gasteiger partial charge in [0.2, 0.25) is 0 Å². The van der Waals surface area contributed by atoms with E-state index < -0.39 is 17.5 Å². The number of para-hydroxylation sites is 1. The van der Waals surface area contributed by atoms with Crippen molar-refractivity contribution in [3.8, 4) is 0 Å². The molecule has 1 aliphatic rings. The zero-order valence-corrected chi connectivity index (χ0v) is 10.5. The zero-order valence-electron chi connectivity index (χ0n) is 9.79. The largest absolute Gasteiger partial charge is 0.302 e. The number of anilines is 1. The molecule has 0 fully saturated rings. The second-order valence-corrected chi connectivity index (χ2v) is 4.55. The molecule has 0 aromatic heterocycles. The van der Waals surface area contributed by atoms with Gasteiger partial charge in [-0.05, 0) is 25.0 Å². The molecule has 1 amide bonds. The van der Waals surface area contributed by atoms with Gasteiger partial charge in [0.15, 0.2) is 0 Å². The summed E-state index contributed by atoms with van der Waals surface area (Å²) < 4.78 is 13.7. The molecule has 0 spiro atoms. The highest BCUT2D eigenvalue weighted by atomic mass is 35.5. The Kier molecular flexibility index (Phi) is 3.97. The van der Waals surface area contributed by atoms with Crippen molar-refractivity contribution in [3.63, 3.8) is 0 Å². The lowest BCUT2D eigenvalue weighted by atomic mass is 10.1. The number of amides is 1. The molecule has 0 N–H and O–H groups in total. The van der Waals surface area contributed by atoms with Crippen molar-refractivity contribution >= 4 is 29.0 Å². The lowest BCUT2D eigenvalue weighted by Crippen LogP contribution is -2.31. The fourth-order valence-electron chi connectivity index (χ4n) is 2.07. The van der Waals surface area contributed by atoms with Gasteiger partial charge in [0, 0.05) is 12.4 Å². The Morgan fingerprint density at radius 3 is 2.67 bits per heavy atom. The average molecular weight is 270 g/mol. The van der Waals surface area contributed by atoms with Crippen molar-refractivity contribution in [2.45, 2.75) is 19.3 Å². The first kappa shape index (κ1) is 13.0. The molecule has 1 aromatic rings. The molecule has 1 aromatic carbocycles. The van der Waals surface area contributed by atoms with E-state index in [9.17, 15) is 14.0 Å². The van der Waals surface area contributed by atoms with Crippen LogP contribution in [-0.4, -0.2) is 24.1 Å². The van der Waals surface area contributed by atoms with E-state index in [1.807, 2.05) is 0 Å². The van der Waals surface area contributed by atoms with Crippen molar-refractivity contribution in [3.05, 3.63) is 29.6 Å². The van der Waals surface area contributed by atoms with Crippen LogP contribution in [-0.2, 0) is 4.79 Å². The predicted molar refractivity (Wildman–Crippen MR) is 67.7 cm³/mol. The SMILES string of the molecule is O=C1C(=O)N(CCCCCCl)c2c(F)cccc21. The molecule has 0 bridgehead atoms. The third-order valence-corrected chi connectivity index (χ3v) is 3.22. The lowest BCUT2D eigenvalue weighted by molar-refractivity contribution is -0.114. The first-order chi connectivity index (χ1) is 8.66. The number of nitrogens with zero attached hydrogens (tertiary/aromatic N) is 1. The van der Waals surface area contributed by atoms with Crippen LogP contribution in [0.15, 0.2) is 18.2 Å². The van der Waals surface area contributed by atoms with E-state index in [0.29, 0.717) is 18.8 Å². The molecule has 1 aliphatic heterocycles. The molecule has 2 rings (SSSR count). The van der Waals surface area contributed by atoms with Gasteiger partial charge in [-0.1, -0.05) is 12.5 Å². The van der Waals surface area contributed by atoms with Gasteiger partial charge in [0.1, 0.15) is 5.82 Å². The van der Waals surface area contributed by atoms with Crippen LogP contribution in [0.3, 0.4) is 0 Å². The summed E-state index contributed by atoms with van der Waals surface area (Å²) in [6, 6.07) is 4.18. The summed E-state index contributed by atoms with van der Waals surface area (Å²) in [5.41, 5.74) is 0.288. The van der Waals surface area contributed by atoms with Gasteiger partial charge >= 0.3 is 0 Å². The van der Waals surface area contributed by atoms with Crippen molar-refractivity contribution in [2.75, 3.05) is 17.3 Å². The summed E-state index contributed by atoms with van der Waals surface area (Å²) in [7, 11) is 0. The van der Waals surface area contributed by atoms with Crippen LogP contribution in [0.4, 0.5) is 10.1 Å². The van der Waals surface area contributed by atoms with Gasteiger partial charge in [-0.15, -0.1) is 11.6 Å². The molecular weight excluding hydrogens is 257 g/mol. The smallest absolute Gasteiger partial charge is 0.299 e. The minimum absolute atomic E-state index is 0.123. The van der Waals surface area contributed by atoms with Crippen LogP contribution in [0, 0.1) is 5.82 Å². The van der Waals surface area contributed by atoms with Crippen LogP contribution in [0.5, 0.6) is 0 Å². The number of hydrogen-bond acceptors (Lipinski definition) is 2. The van der Waals surface area contributed by atoms with E-state index in [4.69, 9.17) is 11.6 Å². The third-order valence-electron chi connectivity index (χ3n) is 2.96. The van der Waals surface area contributed by atoms with Crippen LogP contribution in [0.2, 0.25) is 0 Å². The number of hydrogen-bond donors (Lipinski definition) is 0. The Morgan fingerprint density at radius 2 is 1.94 bits per heavy atom. The van der Waals surface area contributed by atoms with Gasteiger partial charge < -0.3 is 4.90 Å². The standard InChI is InChI=1S/C13H13ClFNO2/c14-7-2-1-3-8-16-11-9(12(17)13(16)18)5-4-6-10(11)15/h4-6H,1-3,7-8H2. The molecule has 0 saturated heterocycles. The molecule has 18 heavy (non-hydrogen) atoms. The molecule has 1 heterocycles.